The van der Waals surface area contributed by atoms with Gasteiger partial charge in [0.15, 0.2) is 17.2 Å². The molecule has 2 atom stereocenters. The Labute approximate surface area is 142 Å². The predicted molar refractivity (Wildman–Crippen MR) is 83.1 cm³/mol. The second kappa shape index (κ2) is 5.99. The highest BCUT2D eigenvalue weighted by molar-refractivity contribution is 7.81. The first kappa shape index (κ1) is 17.1. The van der Waals surface area contributed by atoms with Crippen molar-refractivity contribution in [1.82, 2.24) is 0 Å². The van der Waals surface area contributed by atoms with Gasteiger partial charge < -0.3 is 29.3 Å². The molecule has 0 saturated heterocycles. The van der Waals surface area contributed by atoms with Crippen molar-refractivity contribution in [2.75, 3.05) is 0 Å². The largest absolute Gasteiger partial charge is 0.508 e. The molecule has 0 unspecified atom stereocenters. The van der Waals surface area contributed by atoms with E-state index in [-0.39, 0.29) is 35.0 Å². The van der Waals surface area contributed by atoms with Crippen molar-refractivity contribution in [3.05, 3.63) is 41.5 Å². The van der Waals surface area contributed by atoms with Crippen molar-refractivity contribution in [3.8, 4) is 28.7 Å². The highest BCUT2D eigenvalue weighted by Gasteiger charge is 2.33. The quantitative estimate of drug-likeness (QED) is 0.393. The number of hydrogen-bond acceptors (Lipinski definition) is 8. The van der Waals surface area contributed by atoms with Gasteiger partial charge in [0.2, 0.25) is 0 Å². The minimum atomic E-state index is -4.83. The summed E-state index contributed by atoms with van der Waals surface area (Å²) in [6.45, 7) is 0. The maximum Gasteiger partial charge on any atom is 0.446 e. The number of phenols is 3. The first-order chi connectivity index (χ1) is 11.6. The van der Waals surface area contributed by atoms with Gasteiger partial charge in [0.25, 0.3) is 0 Å². The summed E-state index contributed by atoms with van der Waals surface area (Å²) in [6, 6.07) is 6.05. The maximum atomic E-state index is 10.9. The summed E-state index contributed by atoms with van der Waals surface area (Å²) in [5.74, 6) is -1.44. The van der Waals surface area contributed by atoms with Crippen LogP contribution in [0.3, 0.4) is 0 Å². The SMILES string of the molecule is O=S(=O)(O)Oc1cc(O)cc2c1C[C@@H](O)[C@@H](c1ccc(O)c(O)c1)O2. The van der Waals surface area contributed by atoms with Gasteiger partial charge in [-0.05, 0) is 17.7 Å². The Hall–Kier alpha value is -2.69. The first-order valence-electron chi connectivity index (χ1n) is 7.03. The Morgan fingerprint density at radius 3 is 2.44 bits per heavy atom. The third-order valence-corrected chi connectivity index (χ3v) is 4.08. The average Bonchev–Trinajstić information content (AvgIpc) is 2.49. The van der Waals surface area contributed by atoms with Crippen molar-refractivity contribution in [2.45, 2.75) is 18.6 Å². The molecular formula is C15H14O9S. The van der Waals surface area contributed by atoms with Crippen molar-refractivity contribution in [3.63, 3.8) is 0 Å². The smallest absolute Gasteiger partial charge is 0.446 e. The lowest BCUT2D eigenvalue weighted by molar-refractivity contribution is 0.0199. The summed E-state index contributed by atoms with van der Waals surface area (Å²) in [5.41, 5.74) is 0.496. The van der Waals surface area contributed by atoms with Crippen LogP contribution in [-0.2, 0) is 16.8 Å². The summed E-state index contributed by atoms with van der Waals surface area (Å²) in [5, 5.41) is 39.0. The van der Waals surface area contributed by atoms with Crippen LogP contribution < -0.4 is 8.92 Å². The number of phenolic OH excluding ortho intramolecular Hbond substituents is 3. The van der Waals surface area contributed by atoms with Crippen molar-refractivity contribution >= 4 is 10.4 Å². The standard InChI is InChI=1S/C15H14O9S/c16-8-4-13-9(14(5-8)24-25(20,21)22)6-12(19)15(23-13)7-1-2-10(17)11(18)3-7/h1-5,12,15-19H,6H2,(H,20,21,22)/t12-,15-/m1/s1. The van der Waals surface area contributed by atoms with E-state index in [0.717, 1.165) is 6.07 Å². The average molecular weight is 370 g/mol. The van der Waals surface area contributed by atoms with Crippen LogP contribution in [0.4, 0.5) is 0 Å². The van der Waals surface area contributed by atoms with Gasteiger partial charge in [-0.1, -0.05) is 6.07 Å². The topological polar surface area (TPSA) is 154 Å². The van der Waals surface area contributed by atoms with Gasteiger partial charge in [0, 0.05) is 24.1 Å². The van der Waals surface area contributed by atoms with E-state index in [1.54, 1.807) is 0 Å². The summed E-state index contributed by atoms with van der Waals surface area (Å²) in [6.07, 6.45) is -2.20. The van der Waals surface area contributed by atoms with Crippen LogP contribution in [0.5, 0.6) is 28.7 Å². The molecule has 0 saturated carbocycles. The molecule has 134 valence electrons. The molecule has 0 aromatic heterocycles. The highest BCUT2D eigenvalue weighted by atomic mass is 32.3. The van der Waals surface area contributed by atoms with Crippen LogP contribution in [0.1, 0.15) is 17.2 Å². The number of benzene rings is 2. The number of hydrogen-bond donors (Lipinski definition) is 5. The van der Waals surface area contributed by atoms with Gasteiger partial charge in [-0.25, -0.2) is 0 Å². The number of aliphatic hydroxyl groups is 1. The van der Waals surface area contributed by atoms with Crippen molar-refractivity contribution < 1.29 is 42.3 Å². The number of ether oxygens (including phenoxy) is 1. The van der Waals surface area contributed by atoms with Crippen molar-refractivity contribution in [2.24, 2.45) is 0 Å². The lowest BCUT2D eigenvalue weighted by atomic mass is 9.94. The second-order valence-electron chi connectivity index (χ2n) is 5.49. The summed E-state index contributed by atoms with van der Waals surface area (Å²) >= 11 is 0. The van der Waals surface area contributed by atoms with E-state index in [1.807, 2.05) is 0 Å². The molecule has 2 aromatic carbocycles. The number of aromatic hydroxyl groups is 3. The molecule has 1 heterocycles. The van der Waals surface area contributed by atoms with Gasteiger partial charge in [0.1, 0.15) is 17.6 Å². The molecule has 0 aliphatic carbocycles. The molecule has 0 radical (unpaired) electrons. The van der Waals surface area contributed by atoms with Gasteiger partial charge in [-0.3, -0.25) is 4.55 Å². The molecule has 1 aliphatic rings. The van der Waals surface area contributed by atoms with Gasteiger partial charge >= 0.3 is 10.4 Å². The van der Waals surface area contributed by atoms with E-state index >= 15 is 0 Å². The summed E-state index contributed by atoms with van der Waals surface area (Å²) < 4.78 is 40.7. The Kier molecular flexibility index (Phi) is 4.11. The zero-order valence-corrected chi connectivity index (χ0v) is 13.3. The lowest BCUT2D eigenvalue weighted by Gasteiger charge is -2.31. The number of fused-ring (bicyclic) bond motifs is 1. The van der Waals surface area contributed by atoms with Crippen molar-refractivity contribution in [1.29, 1.82) is 0 Å². The van der Waals surface area contributed by atoms with E-state index in [0.29, 0.717) is 5.56 Å². The fourth-order valence-electron chi connectivity index (χ4n) is 2.64. The van der Waals surface area contributed by atoms with E-state index < -0.39 is 28.4 Å². The minimum Gasteiger partial charge on any atom is -0.508 e. The molecule has 0 bridgehead atoms. The highest BCUT2D eigenvalue weighted by Crippen LogP contribution is 2.43. The normalized spacial score (nSPS) is 19.8. The van der Waals surface area contributed by atoms with E-state index in [4.69, 9.17) is 9.29 Å². The molecule has 3 rings (SSSR count). The molecule has 0 fully saturated rings. The minimum absolute atomic E-state index is 0.0431. The van der Waals surface area contributed by atoms with Crippen LogP contribution in [0, 0.1) is 0 Å². The second-order valence-corrected chi connectivity index (χ2v) is 6.51. The van der Waals surface area contributed by atoms with Gasteiger partial charge in [-0.2, -0.15) is 8.42 Å². The molecule has 10 heteroatoms. The monoisotopic (exact) mass is 370 g/mol. The molecule has 0 amide bonds. The predicted octanol–water partition coefficient (Wildman–Crippen LogP) is 1.02. The molecule has 0 spiro atoms. The van der Waals surface area contributed by atoms with Crippen LogP contribution in [0.25, 0.3) is 0 Å². The van der Waals surface area contributed by atoms with E-state index in [2.05, 4.69) is 4.18 Å². The van der Waals surface area contributed by atoms with Gasteiger partial charge in [-0.15, -0.1) is 0 Å². The maximum absolute atomic E-state index is 10.9. The molecule has 9 nitrogen and oxygen atoms in total. The van der Waals surface area contributed by atoms with Crippen LogP contribution >= 0.6 is 0 Å². The Bertz CT molecular complexity index is 923. The number of aliphatic hydroxyl groups excluding tert-OH is 1. The third kappa shape index (κ3) is 3.55. The Balaban J connectivity index is 2.01. The zero-order valence-electron chi connectivity index (χ0n) is 12.5. The number of rotatable bonds is 3. The van der Waals surface area contributed by atoms with Crippen LogP contribution in [0.2, 0.25) is 0 Å². The van der Waals surface area contributed by atoms with Gasteiger partial charge in [0.05, 0.1) is 6.10 Å². The third-order valence-electron chi connectivity index (χ3n) is 3.69. The molecule has 25 heavy (non-hydrogen) atoms. The fourth-order valence-corrected chi connectivity index (χ4v) is 3.01. The zero-order chi connectivity index (χ0) is 18.4. The lowest BCUT2D eigenvalue weighted by Crippen LogP contribution is -2.30. The van der Waals surface area contributed by atoms with Crippen LogP contribution in [0.15, 0.2) is 30.3 Å². The Morgan fingerprint density at radius 1 is 1.08 bits per heavy atom. The van der Waals surface area contributed by atoms with E-state index in [9.17, 15) is 28.8 Å². The first-order valence-corrected chi connectivity index (χ1v) is 8.40. The molecular weight excluding hydrogens is 356 g/mol. The molecule has 5 N–H and O–H groups in total. The van der Waals surface area contributed by atoms with E-state index in [1.165, 1.54) is 24.3 Å². The molecule has 1 aliphatic heterocycles. The summed E-state index contributed by atoms with van der Waals surface area (Å²) in [4.78, 5) is 0. The van der Waals surface area contributed by atoms with Crippen LogP contribution in [-0.4, -0.2) is 39.5 Å². The molecule has 2 aromatic rings. The summed E-state index contributed by atoms with van der Waals surface area (Å²) in [7, 11) is -4.83. The Morgan fingerprint density at radius 2 is 1.80 bits per heavy atom. The fraction of sp³-hybridized carbons (Fsp3) is 0.200.